The number of aliphatic carboxylic acids is 1. The Morgan fingerprint density at radius 2 is 2.06 bits per heavy atom. The first-order valence-corrected chi connectivity index (χ1v) is 6.94. The Hall–Kier alpha value is -1.48. The summed E-state index contributed by atoms with van der Waals surface area (Å²) in [7, 11) is 0. The molecule has 2 aliphatic rings. The number of fused-ring (bicyclic) bond motifs is 1. The lowest BCUT2D eigenvalue weighted by molar-refractivity contribution is -0.134. The molecule has 18 heavy (non-hydrogen) atoms. The van der Waals surface area contributed by atoms with Crippen molar-refractivity contribution in [2.24, 2.45) is 11.8 Å². The second-order valence-corrected chi connectivity index (χ2v) is 6.17. The average molecular weight is 285 g/mol. The number of thioether (sulfide) groups is 1. The van der Waals surface area contributed by atoms with Gasteiger partial charge in [0.05, 0.1) is 17.6 Å². The van der Waals surface area contributed by atoms with Gasteiger partial charge in [-0.1, -0.05) is 23.1 Å². The van der Waals surface area contributed by atoms with Gasteiger partial charge in [0.2, 0.25) is 16.9 Å². The molecule has 1 aromatic rings. The molecule has 0 bridgehead atoms. The molecule has 2 fully saturated rings. The number of imide groups is 1. The van der Waals surface area contributed by atoms with E-state index >= 15 is 0 Å². The predicted molar refractivity (Wildman–Crippen MR) is 62.4 cm³/mol. The fourth-order valence-electron chi connectivity index (χ4n) is 1.84. The smallest absolute Gasteiger partial charge is 0.313 e. The van der Waals surface area contributed by atoms with Crippen LogP contribution in [0.15, 0.2) is 4.34 Å². The second kappa shape index (κ2) is 4.02. The van der Waals surface area contributed by atoms with Gasteiger partial charge < -0.3 is 5.11 Å². The summed E-state index contributed by atoms with van der Waals surface area (Å²) in [6.45, 7) is 0. The Kier molecular flexibility index (Phi) is 2.59. The van der Waals surface area contributed by atoms with Gasteiger partial charge in [-0.15, -0.1) is 10.2 Å². The molecule has 7 nitrogen and oxygen atoms in total. The number of carbonyl (C=O) groups excluding carboxylic acids is 2. The lowest BCUT2D eigenvalue weighted by Gasteiger charge is -2.10. The minimum absolute atomic E-state index is 0.123. The Balaban J connectivity index is 1.75. The third kappa shape index (κ3) is 1.79. The van der Waals surface area contributed by atoms with Gasteiger partial charge in [-0.2, -0.15) is 0 Å². The summed E-state index contributed by atoms with van der Waals surface area (Å²) in [5, 5.41) is 16.3. The third-order valence-corrected chi connectivity index (χ3v) is 4.80. The number of carboxylic acids is 1. The molecule has 1 saturated heterocycles. The normalized spacial score (nSPS) is 25.4. The maximum Gasteiger partial charge on any atom is 0.313 e. The number of hydrogen-bond acceptors (Lipinski definition) is 7. The monoisotopic (exact) mass is 285 g/mol. The number of carbonyl (C=O) groups is 3. The molecular weight excluding hydrogens is 278 g/mol. The van der Waals surface area contributed by atoms with Crippen LogP contribution in [-0.2, 0) is 14.4 Å². The van der Waals surface area contributed by atoms with Gasteiger partial charge in [0.1, 0.15) is 0 Å². The van der Waals surface area contributed by atoms with E-state index in [0.717, 1.165) is 28.0 Å². The lowest BCUT2D eigenvalue weighted by atomic mass is 10.4. The van der Waals surface area contributed by atoms with E-state index in [1.165, 1.54) is 0 Å². The van der Waals surface area contributed by atoms with Gasteiger partial charge in [-0.25, -0.2) is 4.90 Å². The molecule has 1 N–H and O–H groups in total. The number of anilines is 1. The molecule has 94 valence electrons. The van der Waals surface area contributed by atoms with Gasteiger partial charge in [0.25, 0.3) is 0 Å². The van der Waals surface area contributed by atoms with Crippen molar-refractivity contribution in [1.29, 1.82) is 0 Å². The largest absolute Gasteiger partial charge is 0.481 e. The SMILES string of the molecule is O=C(O)CSc1nnc(N2C(=O)C3CC3C2=O)s1. The molecule has 1 aliphatic carbocycles. The van der Waals surface area contributed by atoms with Crippen LogP contribution < -0.4 is 4.90 Å². The number of amides is 2. The minimum Gasteiger partial charge on any atom is -0.481 e. The third-order valence-electron chi connectivity index (χ3n) is 2.77. The molecule has 0 radical (unpaired) electrons. The van der Waals surface area contributed by atoms with Crippen molar-refractivity contribution in [2.45, 2.75) is 10.8 Å². The molecule has 1 saturated carbocycles. The van der Waals surface area contributed by atoms with Crippen molar-refractivity contribution in [1.82, 2.24) is 10.2 Å². The van der Waals surface area contributed by atoms with Crippen molar-refractivity contribution in [3.63, 3.8) is 0 Å². The maximum absolute atomic E-state index is 11.8. The van der Waals surface area contributed by atoms with E-state index in [1.54, 1.807) is 0 Å². The van der Waals surface area contributed by atoms with Gasteiger partial charge in [0.15, 0.2) is 4.34 Å². The average Bonchev–Trinajstić information content (AvgIpc) is 2.93. The molecule has 1 aromatic heterocycles. The van der Waals surface area contributed by atoms with Crippen molar-refractivity contribution in [3.05, 3.63) is 0 Å². The van der Waals surface area contributed by atoms with Crippen LogP contribution in [0.2, 0.25) is 0 Å². The molecule has 0 spiro atoms. The summed E-state index contributed by atoms with van der Waals surface area (Å²) in [5.74, 6) is -1.84. The van der Waals surface area contributed by atoms with E-state index in [-0.39, 0.29) is 34.5 Å². The number of rotatable bonds is 4. The van der Waals surface area contributed by atoms with Crippen LogP contribution in [0.25, 0.3) is 0 Å². The molecule has 3 rings (SSSR count). The molecule has 0 aromatic carbocycles. The fourth-order valence-corrected chi connectivity index (χ4v) is 3.42. The van der Waals surface area contributed by atoms with Crippen molar-refractivity contribution < 1.29 is 19.5 Å². The predicted octanol–water partition coefficient (Wildman–Crippen LogP) is 0.224. The summed E-state index contributed by atoms with van der Waals surface area (Å²) >= 11 is 2.08. The highest BCUT2D eigenvalue weighted by Gasteiger charge is 2.60. The molecule has 2 atom stereocenters. The van der Waals surface area contributed by atoms with Crippen LogP contribution >= 0.6 is 23.1 Å². The van der Waals surface area contributed by atoms with E-state index in [4.69, 9.17) is 5.11 Å². The van der Waals surface area contributed by atoms with E-state index < -0.39 is 5.97 Å². The summed E-state index contributed by atoms with van der Waals surface area (Å²) in [5.41, 5.74) is 0. The van der Waals surface area contributed by atoms with Crippen LogP contribution in [0.4, 0.5) is 5.13 Å². The first-order valence-electron chi connectivity index (χ1n) is 5.14. The molecule has 2 unspecified atom stereocenters. The van der Waals surface area contributed by atoms with E-state index in [0.29, 0.717) is 10.8 Å². The molecule has 2 heterocycles. The fraction of sp³-hybridized carbons (Fsp3) is 0.444. The Labute approximate surface area is 109 Å². The first-order chi connectivity index (χ1) is 8.58. The van der Waals surface area contributed by atoms with Crippen molar-refractivity contribution in [3.8, 4) is 0 Å². The van der Waals surface area contributed by atoms with Gasteiger partial charge in [-0.3, -0.25) is 14.4 Å². The number of hydrogen-bond donors (Lipinski definition) is 1. The Bertz CT molecular complexity index is 538. The highest BCUT2D eigenvalue weighted by atomic mass is 32.2. The first kappa shape index (κ1) is 11.6. The second-order valence-electron chi connectivity index (χ2n) is 3.99. The van der Waals surface area contributed by atoms with Crippen LogP contribution in [-0.4, -0.2) is 38.8 Å². The van der Waals surface area contributed by atoms with E-state index in [1.807, 2.05) is 0 Å². The van der Waals surface area contributed by atoms with E-state index in [2.05, 4.69) is 10.2 Å². The molecule has 9 heteroatoms. The van der Waals surface area contributed by atoms with E-state index in [9.17, 15) is 14.4 Å². The van der Waals surface area contributed by atoms with Crippen LogP contribution in [0.3, 0.4) is 0 Å². The topological polar surface area (TPSA) is 100 Å². The number of piperidine rings is 1. The summed E-state index contributed by atoms with van der Waals surface area (Å²) in [6.07, 6.45) is 0.646. The standard InChI is InChI=1S/C9H7N3O4S2/c13-5(14)2-17-9-11-10-8(18-9)12-6(15)3-1-4(3)7(12)16/h3-4H,1-2H2,(H,13,14). The van der Waals surface area contributed by atoms with Gasteiger partial charge in [0, 0.05) is 0 Å². The maximum atomic E-state index is 11.8. The van der Waals surface area contributed by atoms with Crippen LogP contribution in [0.1, 0.15) is 6.42 Å². The minimum atomic E-state index is -0.952. The van der Waals surface area contributed by atoms with Crippen LogP contribution in [0.5, 0.6) is 0 Å². The lowest BCUT2D eigenvalue weighted by Crippen LogP contribution is -2.32. The zero-order valence-electron chi connectivity index (χ0n) is 8.90. The summed E-state index contributed by atoms with van der Waals surface area (Å²) < 4.78 is 0.438. The molecular formula is C9H7N3O4S2. The number of carboxylic acid groups (broad SMARTS) is 1. The highest BCUT2D eigenvalue weighted by molar-refractivity contribution is 8.01. The Morgan fingerprint density at radius 1 is 1.39 bits per heavy atom. The zero-order valence-corrected chi connectivity index (χ0v) is 10.5. The van der Waals surface area contributed by atoms with Crippen molar-refractivity contribution in [2.75, 3.05) is 10.7 Å². The van der Waals surface area contributed by atoms with Gasteiger partial charge >= 0.3 is 5.97 Å². The van der Waals surface area contributed by atoms with Crippen molar-refractivity contribution >= 4 is 46.0 Å². The number of nitrogens with zero attached hydrogens (tertiary/aromatic N) is 3. The molecule has 1 aliphatic heterocycles. The summed E-state index contributed by atoms with van der Waals surface area (Å²) in [4.78, 5) is 35.0. The Morgan fingerprint density at radius 3 is 2.67 bits per heavy atom. The highest BCUT2D eigenvalue weighted by Crippen LogP contribution is 2.49. The quantitative estimate of drug-likeness (QED) is 0.480. The summed E-state index contributed by atoms with van der Waals surface area (Å²) in [6, 6.07) is 0. The molecule has 2 amide bonds. The number of aromatic nitrogens is 2. The zero-order chi connectivity index (χ0) is 12.9. The van der Waals surface area contributed by atoms with Crippen LogP contribution in [0, 0.1) is 11.8 Å². The van der Waals surface area contributed by atoms with Gasteiger partial charge in [-0.05, 0) is 6.42 Å².